The van der Waals surface area contributed by atoms with Crippen molar-refractivity contribution in [3.8, 4) is 0 Å². The third kappa shape index (κ3) is 7.11. The van der Waals surface area contributed by atoms with Crippen LogP contribution >= 0.6 is 0 Å². The Labute approximate surface area is 146 Å². The molecule has 0 aliphatic heterocycles. The van der Waals surface area contributed by atoms with E-state index in [1.165, 1.54) is 22.3 Å². The van der Waals surface area contributed by atoms with Crippen molar-refractivity contribution < 1.29 is 0 Å². The Morgan fingerprint density at radius 1 is 0.792 bits per heavy atom. The molecule has 2 rings (SSSR count). The van der Waals surface area contributed by atoms with Crippen LogP contribution in [0.25, 0.3) is 6.08 Å². The van der Waals surface area contributed by atoms with Crippen molar-refractivity contribution in [2.24, 2.45) is 0 Å². The maximum absolute atomic E-state index is 2.20. The molecule has 2 aromatic carbocycles. The zero-order chi connectivity index (χ0) is 17.0. The molecule has 0 N–H and O–H groups in total. The number of hydrogen-bond acceptors (Lipinski definition) is 0. The van der Waals surface area contributed by atoms with E-state index in [1.807, 2.05) is 6.07 Å². The van der Waals surface area contributed by atoms with Gasteiger partial charge in [0.2, 0.25) is 0 Å². The molecule has 0 nitrogen and oxygen atoms in total. The van der Waals surface area contributed by atoms with Gasteiger partial charge < -0.3 is 0 Å². The van der Waals surface area contributed by atoms with Crippen molar-refractivity contribution in [1.29, 1.82) is 0 Å². The Balaban J connectivity index is 1.80. The molecule has 0 saturated heterocycles. The number of hydrogen-bond donors (Lipinski definition) is 0. The first-order valence-electron chi connectivity index (χ1n) is 8.52. The second-order valence-electron chi connectivity index (χ2n) is 6.04. The van der Waals surface area contributed by atoms with Crippen LogP contribution in [0, 0.1) is 0 Å². The highest BCUT2D eigenvalue weighted by Gasteiger charge is 1.92. The number of benzene rings is 2. The van der Waals surface area contributed by atoms with Crippen LogP contribution in [-0.2, 0) is 6.42 Å². The molecule has 0 amide bonds. The molecular formula is C24H26. The highest BCUT2D eigenvalue weighted by atomic mass is 14.0. The van der Waals surface area contributed by atoms with E-state index in [1.54, 1.807) is 0 Å². The molecule has 0 saturated carbocycles. The fourth-order valence-electron chi connectivity index (χ4n) is 2.34. The molecule has 0 aliphatic carbocycles. The molecule has 24 heavy (non-hydrogen) atoms. The van der Waals surface area contributed by atoms with Crippen molar-refractivity contribution in [2.75, 3.05) is 0 Å². The highest BCUT2D eigenvalue weighted by molar-refractivity contribution is 5.52. The Hall–Kier alpha value is -2.60. The summed E-state index contributed by atoms with van der Waals surface area (Å²) in [4.78, 5) is 0. The minimum absolute atomic E-state index is 1.10. The van der Waals surface area contributed by atoms with Gasteiger partial charge in [-0.05, 0) is 37.8 Å². The van der Waals surface area contributed by atoms with Gasteiger partial charge in [-0.25, -0.2) is 0 Å². The molecule has 0 spiro atoms. The summed E-state index contributed by atoms with van der Waals surface area (Å²) in [5.74, 6) is 0. The van der Waals surface area contributed by atoms with Crippen molar-refractivity contribution >= 4 is 6.08 Å². The van der Waals surface area contributed by atoms with Gasteiger partial charge in [0.1, 0.15) is 0 Å². The summed E-state index contributed by atoms with van der Waals surface area (Å²) >= 11 is 0. The largest absolute Gasteiger partial charge is 0.0730 e. The summed E-state index contributed by atoms with van der Waals surface area (Å²) in [5, 5.41) is 0. The summed E-state index contributed by atoms with van der Waals surface area (Å²) < 4.78 is 0. The summed E-state index contributed by atoms with van der Waals surface area (Å²) in [5.41, 5.74) is 5.27. The van der Waals surface area contributed by atoms with Crippen LogP contribution in [-0.4, -0.2) is 0 Å². The molecular weight excluding hydrogens is 288 g/mol. The van der Waals surface area contributed by atoms with Gasteiger partial charge in [0, 0.05) is 0 Å². The van der Waals surface area contributed by atoms with E-state index in [-0.39, 0.29) is 0 Å². The van der Waals surface area contributed by atoms with Crippen LogP contribution in [0.5, 0.6) is 0 Å². The first-order valence-corrected chi connectivity index (χ1v) is 8.52. The highest BCUT2D eigenvalue weighted by Crippen LogP contribution is 2.09. The molecule has 2 aromatic rings. The van der Waals surface area contributed by atoms with Gasteiger partial charge in [-0.2, -0.15) is 0 Å². The van der Waals surface area contributed by atoms with Crippen LogP contribution in [0.3, 0.4) is 0 Å². The van der Waals surface area contributed by atoms with Crippen LogP contribution in [0.15, 0.2) is 102 Å². The van der Waals surface area contributed by atoms with Crippen LogP contribution in [0.4, 0.5) is 0 Å². The second kappa shape index (κ2) is 10.2. The van der Waals surface area contributed by atoms with Crippen molar-refractivity contribution in [3.05, 3.63) is 113 Å². The van der Waals surface area contributed by atoms with Crippen molar-refractivity contribution in [1.82, 2.24) is 0 Å². The minimum Gasteiger partial charge on any atom is -0.0730 e. The molecule has 0 fully saturated rings. The Morgan fingerprint density at radius 2 is 1.42 bits per heavy atom. The normalized spacial score (nSPS) is 13.1. The fourth-order valence-corrected chi connectivity index (χ4v) is 2.34. The Morgan fingerprint density at radius 3 is 2.12 bits per heavy atom. The van der Waals surface area contributed by atoms with Crippen LogP contribution in [0.1, 0.15) is 31.4 Å². The van der Waals surface area contributed by atoms with Crippen LogP contribution in [0.2, 0.25) is 0 Å². The van der Waals surface area contributed by atoms with Gasteiger partial charge in [0.15, 0.2) is 0 Å². The molecule has 0 atom stereocenters. The maximum atomic E-state index is 2.20. The summed E-state index contributed by atoms with van der Waals surface area (Å²) in [6.45, 7) is 4.31. The molecule has 0 heteroatoms. The summed E-state index contributed by atoms with van der Waals surface area (Å²) in [6, 6.07) is 21.0. The third-order valence-electron chi connectivity index (χ3n) is 3.84. The van der Waals surface area contributed by atoms with Gasteiger partial charge in [0.05, 0.1) is 0 Å². The van der Waals surface area contributed by atoms with Gasteiger partial charge in [0.25, 0.3) is 0 Å². The Bertz CT molecular complexity index is 713. The van der Waals surface area contributed by atoms with E-state index < -0.39 is 0 Å². The molecule has 0 radical (unpaired) electrons. The molecule has 0 aliphatic rings. The molecule has 0 unspecified atom stereocenters. The number of allylic oxidation sites excluding steroid dienone is 7. The van der Waals surface area contributed by atoms with Gasteiger partial charge in [-0.15, -0.1) is 0 Å². The summed E-state index contributed by atoms with van der Waals surface area (Å²) in [7, 11) is 0. The average Bonchev–Trinajstić information content (AvgIpc) is 2.63. The minimum atomic E-state index is 1.10. The third-order valence-corrected chi connectivity index (χ3v) is 3.84. The predicted octanol–water partition coefficient (Wildman–Crippen LogP) is 6.78. The van der Waals surface area contributed by atoms with E-state index in [0.29, 0.717) is 0 Å². The number of aryl methyl sites for hydroxylation is 1. The van der Waals surface area contributed by atoms with E-state index in [4.69, 9.17) is 0 Å². The molecule has 122 valence electrons. The molecule has 0 aromatic heterocycles. The van der Waals surface area contributed by atoms with Gasteiger partial charge in [-0.3, -0.25) is 0 Å². The lowest BCUT2D eigenvalue weighted by atomic mass is 10.1. The zero-order valence-corrected chi connectivity index (χ0v) is 14.7. The maximum Gasteiger partial charge on any atom is -0.0241 e. The topological polar surface area (TPSA) is 0 Å². The van der Waals surface area contributed by atoms with Crippen molar-refractivity contribution in [3.63, 3.8) is 0 Å². The number of rotatable bonds is 7. The lowest BCUT2D eigenvalue weighted by Crippen LogP contribution is -1.85. The smallest absolute Gasteiger partial charge is 0.0241 e. The second-order valence-corrected chi connectivity index (χ2v) is 6.04. The van der Waals surface area contributed by atoms with Gasteiger partial charge >= 0.3 is 0 Å². The lowest BCUT2D eigenvalue weighted by molar-refractivity contribution is 0.941. The lowest BCUT2D eigenvalue weighted by Gasteiger charge is -2.00. The van der Waals surface area contributed by atoms with E-state index in [9.17, 15) is 0 Å². The van der Waals surface area contributed by atoms with Crippen LogP contribution < -0.4 is 0 Å². The SMILES string of the molecule is CC(C=Cc1ccccc1)=CC=CC=C(C)CCc1ccccc1. The monoisotopic (exact) mass is 314 g/mol. The van der Waals surface area contributed by atoms with E-state index >= 15 is 0 Å². The quantitative estimate of drug-likeness (QED) is 0.494. The molecule has 0 bridgehead atoms. The van der Waals surface area contributed by atoms with Gasteiger partial charge in [-0.1, -0.05) is 108 Å². The average molecular weight is 314 g/mol. The first-order chi connectivity index (χ1) is 11.7. The predicted molar refractivity (Wildman–Crippen MR) is 107 cm³/mol. The first kappa shape index (κ1) is 17.7. The summed E-state index contributed by atoms with van der Waals surface area (Å²) in [6.07, 6.45) is 15.1. The fraction of sp³-hybridized carbons (Fsp3) is 0.167. The van der Waals surface area contributed by atoms with Crippen molar-refractivity contribution in [2.45, 2.75) is 26.7 Å². The zero-order valence-electron chi connectivity index (χ0n) is 14.7. The Kier molecular flexibility index (Phi) is 7.56. The van der Waals surface area contributed by atoms with E-state index in [0.717, 1.165) is 12.8 Å². The van der Waals surface area contributed by atoms with E-state index in [2.05, 4.69) is 105 Å². The standard InChI is InChI=1S/C24H26/c1-21(17-19-23-13-5-3-6-14-23)11-9-10-12-22(2)18-20-24-15-7-4-8-16-24/h3-17,19H,18,20H2,1-2H3. The molecule has 0 heterocycles.